The third-order valence-corrected chi connectivity index (χ3v) is 6.63. The lowest BCUT2D eigenvalue weighted by Crippen LogP contribution is -2.43. The van der Waals surface area contributed by atoms with Crippen LogP contribution in [0.4, 0.5) is 24.5 Å². The smallest absolute Gasteiger partial charge is 0.383 e. The monoisotopic (exact) mass is 508 g/mol. The van der Waals surface area contributed by atoms with E-state index in [1.807, 2.05) is 37.4 Å². The van der Waals surface area contributed by atoms with Gasteiger partial charge in [0.05, 0.1) is 5.56 Å². The fraction of sp³-hybridized carbons (Fsp3) is 0.321. The quantitative estimate of drug-likeness (QED) is 0.237. The van der Waals surface area contributed by atoms with Crippen LogP contribution >= 0.6 is 0 Å². The minimum absolute atomic E-state index is 0.309. The van der Waals surface area contributed by atoms with Crippen LogP contribution in [0.5, 0.6) is 0 Å². The van der Waals surface area contributed by atoms with E-state index in [1.165, 1.54) is 6.07 Å². The fourth-order valence-electron chi connectivity index (χ4n) is 4.70. The van der Waals surface area contributed by atoms with Crippen LogP contribution in [0.25, 0.3) is 22.2 Å². The number of rotatable bonds is 8. The number of anilines is 2. The molecule has 3 heterocycles. The summed E-state index contributed by atoms with van der Waals surface area (Å²) in [5, 5.41) is 10.7. The van der Waals surface area contributed by atoms with E-state index in [0.29, 0.717) is 30.9 Å². The molecule has 2 aromatic heterocycles. The molecule has 5 rings (SSSR count). The van der Waals surface area contributed by atoms with Crippen LogP contribution in [0, 0.1) is 6.92 Å². The lowest BCUT2D eigenvalue weighted by molar-refractivity contribution is -0.138. The second kappa shape index (κ2) is 10.8. The van der Waals surface area contributed by atoms with E-state index in [4.69, 9.17) is 0 Å². The Labute approximate surface area is 214 Å². The van der Waals surface area contributed by atoms with Crippen molar-refractivity contribution in [3.63, 3.8) is 0 Å². The molecule has 194 valence electrons. The molecule has 0 saturated carbocycles. The van der Waals surface area contributed by atoms with Crippen molar-refractivity contribution in [2.45, 2.75) is 19.6 Å². The Morgan fingerprint density at radius 3 is 2.32 bits per heavy atom. The Balaban J connectivity index is 1.16. The predicted molar refractivity (Wildman–Crippen MR) is 143 cm³/mol. The van der Waals surface area contributed by atoms with Gasteiger partial charge in [-0.25, -0.2) is 4.98 Å². The maximum absolute atomic E-state index is 13.7. The van der Waals surface area contributed by atoms with Crippen LogP contribution in [0.1, 0.15) is 16.8 Å². The zero-order valence-corrected chi connectivity index (χ0v) is 20.8. The molecule has 0 spiro atoms. The molecule has 9 heteroatoms. The zero-order valence-electron chi connectivity index (χ0n) is 20.8. The molecule has 1 fully saturated rings. The Hall–Kier alpha value is -3.56. The molecule has 0 aliphatic carbocycles. The van der Waals surface area contributed by atoms with E-state index in [0.717, 1.165) is 59.7 Å². The van der Waals surface area contributed by atoms with Gasteiger partial charge < -0.3 is 20.9 Å². The number of pyridine rings is 1. The summed E-state index contributed by atoms with van der Waals surface area (Å²) in [6.45, 7) is 6.49. The summed E-state index contributed by atoms with van der Waals surface area (Å²) < 4.78 is 41.2. The molecule has 6 nitrogen and oxygen atoms in total. The van der Waals surface area contributed by atoms with Gasteiger partial charge in [0.25, 0.3) is 0 Å². The molecule has 0 bridgehead atoms. The van der Waals surface area contributed by atoms with Crippen molar-refractivity contribution in [3.8, 4) is 11.1 Å². The molecule has 2 aromatic carbocycles. The minimum Gasteiger partial charge on any atom is -0.383 e. The maximum Gasteiger partial charge on any atom is 0.416 e. The minimum atomic E-state index is -4.39. The molecule has 0 unspecified atom stereocenters. The van der Waals surface area contributed by atoms with E-state index in [-0.39, 0.29) is 0 Å². The largest absolute Gasteiger partial charge is 0.416 e. The first kappa shape index (κ1) is 25.1. The number of aromatic nitrogens is 2. The topological polar surface area (TPSA) is 68.0 Å². The molecule has 1 aliphatic rings. The standard InChI is InChI=1S/C28H31F3N6/c1-19-14-22-15-23(17-35-27(22)36-19)20-2-5-24(6-3-20)33-8-9-34-25-7-4-21(26(16-25)28(29,30)31)18-37-12-10-32-11-13-37/h2-7,14-17,32-34H,8-13,18H2,1H3,(H,35,36). The summed E-state index contributed by atoms with van der Waals surface area (Å²) >= 11 is 0. The zero-order chi connectivity index (χ0) is 25.8. The Morgan fingerprint density at radius 1 is 0.892 bits per heavy atom. The van der Waals surface area contributed by atoms with Crippen LogP contribution in [0.15, 0.2) is 60.8 Å². The highest BCUT2D eigenvalue weighted by molar-refractivity contribution is 5.82. The average molecular weight is 509 g/mol. The Morgan fingerprint density at radius 2 is 1.59 bits per heavy atom. The summed E-state index contributed by atoms with van der Waals surface area (Å²) in [5.41, 5.74) is 5.23. The van der Waals surface area contributed by atoms with E-state index in [2.05, 4.69) is 43.0 Å². The summed E-state index contributed by atoms with van der Waals surface area (Å²) in [5.74, 6) is 0. The van der Waals surface area contributed by atoms with Gasteiger partial charge in [-0.1, -0.05) is 18.2 Å². The average Bonchev–Trinajstić information content (AvgIpc) is 3.27. The highest BCUT2D eigenvalue weighted by atomic mass is 19.4. The molecule has 1 saturated heterocycles. The highest BCUT2D eigenvalue weighted by Gasteiger charge is 2.34. The first-order chi connectivity index (χ1) is 17.8. The molecule has 4 N–H and O–H groups in total. The third-order valence-electron chi connectivity index (χ3n) is 6.63. The van der Waals surface area contributed by atoms with Gasteiger partial charge in [0.1, 0.15) is 5.65 Å². The number of halogens is 3. The van der Waals surface area contributed by atoms with Crippen molar-refractivity contribution in [2.24, 2.45) is 0 Å². The van der Waals surface area contributed by atoms with E-state index in [9.17, 15) is 13.2 Å². The Bertz CT molecular complexity index is 1340. The predicted octanol–water partition coefficient (Wildman–Crippen LogP) is 5.49. The normalized spacial score (nSPS) is 14.7. The molecular formula is C28H31F3N6. The van der Waals surface area contributed by atoms with E-state index in [1.54, 1.807) is 12.1 Å². The number of benzene rings is 2. The van der Waals surface area contributed by atoms with Gasteiger partial charge in [0, 0.05) is 80.0 Å². The summed E-state index contributed by atoms with van der Waals surface area (Å²) in [7, 11) is 0. The number of hydrogen-bond acceptors (Lipinski definition) is 5. The number of nitrogens with one attached hydrogen (secondary N) is 4. The lowest BCUT2D eigenvalue weighted by atomic mass is 10.0. The number of fused-ring (bicyclic) bond motifs is 1. The second-order valence-corrected chi connectivity index (χ2v) is 9.44. The van der Waals surface area contributed by atoms with Crippen molar-refractivity contribution in [3.05, 3.63) is 77.6 Å². The van der Waals surface area contributed by atoms with Gasteiger partial charge in [-0.2, -0.15) is 13.2 Å². The van der Waals surface area contributed by atoms with Crippen LogP contribution in [-0.2, 0) is 12.7 Å². The van der Waals surface area contributed by atoms with Gasteiger partial charge >= 0.3 is 6.18 Å². The number of alkyl halides is 3. The van der Waals surface area contributed by atoms with Crippen molar-refractivity contribution >= 4 is 22.4 Å². The number of aromatic amines is 1. The number of nitrogens with zero attached hydrogens (tertiary/aromatic N) is 2. The van der Waals surface area contributed by atoms with Crippen molar-refractivity contribution < 1.29 is 13.2 Å². The summed E-state index contributed by atoms with van der Waals surface area (Å²) in [6.07, 6.45) is -2.53. The highest BCUT2D eigenvalue weighted by Crippen LogP contribution is 2.34. The van der Waals surface area contributed by atoms with Gasteiger partial charge in [-0.15, -0.1) is 0 Å². The van der Waals surface area contributed by atoms with Crippen molar-refractivity contribution in [1.29, 1.82) is 0 Å². The van der Waals surface area contributed by atoms with E-state index < -0.39 is 11.7 Å². The molecule has 4 aromatic rings. The second-order valence-electron chi connectivity index (χ2n) is 9.44. The molecule has 1 aliphatic heterocycles. The summed E-state index contributed by atoms with van der Waals surface area (Å²) in [6, 6.07) is 16.8. The summed E-state index contributed by atoms with van der Waals surface area (Å²) in [4.78, 5) is 9.78. The van der Waals surface area contributed by atoms with Gasteiger partial charge in [0.15, 0.2) is 0 Å². The molecule has 0 atom stereocenters. The van der Waals surface area contributed by atoms with Crippen LogP contribution in [0.3, 0.4) is 0 Å². The Kier molecular flexibility index (Phi) is 7.34. The molecule has 0 radical (unpaired) electrons. The SMILES string of the molecule is Cc1cc2cc(-c3ccc(NCCNc4ccc(CN5CCNCC5)c(C(F)(F)F)c4)cc3)cnc2[nH]1. The lowest BCUT2D eigenvalue weighted by Gasteiger charge is -2.28. The van der Waals surface area contributed by atoms with Crippen molar-refractivity contribution in [1.82, 2.24) is 20.2 Å². The number of H-pyrrole nitrogens is 1. The van der Waals surface area contributed by atoms with E-state index >= 15 is 0 Å². The van der Waals surface area contributed by atoms with Crippen LogP contribution < -0.4 is 16.0 Å². The van der Waals surface area contributed by atoms with Gasteiger partial charge in [-0.3, -0.25) is 4.90 Å². The molecular weight excluding hydrogens is 477 g/mol. The number of piperazine rings is 1. The number of aryl methyl sites for hydroxylation is 1. The first-order valence-corrected chi connectivity index (χ1v) is 12.5. The maximum atomic E-state index is 13.7. The van der Waals surface area contributed by atoms with Crippen LogP contribution in [-0.4, -0.2) is 54.1 Å². The third kappa shape index (κ3) is 6.23. The van der Waals surface area contributed by atoms with Crippen LogP contribution in [0.2, 0.25) is 0 Å². The molecule has 37 heavy (non-hydrogen) atoms. The van der Waals surface area contributed by atoms with Gasteiger partial charge in [0.2, 0.25) is 0 Å². The molecule has 0 amide bonds. The van der Waals surface area contributed by atoms with Gasteiger partial charge in [-0.05, 0) is 54.4 Å². The fourth-order valence-corrected chi connectivity index (χ4v) is 4.70. The number of hydrogen-bond donors (Lipinski definition) is 4. The van der Waals surface area contributed by atoms with Crippen molar-refractivity contribution in [2.75, 3.05) is 49.9 Å². The first-order valence-electron chi connectivity index (χ1n) is 12.5.